The first kappa shape index (κ1) is 20.9. The molecule has 1 fully saturated rings. The summed E-state index contributed by atoms with van der Waals surface area (Å²) in [5.41, 5.74) is 3.71. The Bertz CT molecular complexity index is 768. The van der Waals surface area contributed by atoms with Crippen molar-refractivity contribution in [1.29, 1.82) is 0 Å². The summed E-state index contributed by atoms with van der Waals surface area (Å²) in [5.74, 6) is 0.895. The van der Waals surface area contributed by atoms with Crippen molar-refractivity contribution < 1.29 is 9.47 Å². The van der Waals surface area contributed by atoms with Crippen LogP contribution in [-0.2, 0) is 17.7 Å². The zero-order chi connectivity index (χ0) is 19.6. The summed E-state index contributed by atoms with van der Waals surface area (Å²) in [6, 6.07) is 12.4. The Labute approximate surface area is 181 Å². The predicted molar refractivity (Wildman–Crippen MR) is 120 cm³/mol. The number of ether oxygens (including phenoxy) is 2. The molecule has 27 heavy (non-hydrogen) atoms. The fourth-order valence-corrected chi connectivity index (χ4v) is 5.29. The second kappa shape index (κ2) is 8.68. The second-order valence-electron chi connectivity index (χ2n) is 7.90. The second-order valence-corrected chi connectivity index (χ2v) is 9.50. The van der Waals surface area contributed by atoms with Crippen LogP contribution in [0.1, 0.15) is 30.5 Å². The number of methoxy groups -OCH3 is 1. The monoisotopic (exact) mass is 499 g/mol. The molecule has 0 saturated carbocycles. The maximum absolute atomic E-state index is 6.42. The lowest BCUT2D eigenvalue weighted by Gasteiger charge is -2.43. The van der Waals surface area contributed by atoms with Crippen LogP contribution in [0.15, 0.2) is 36.4 Å². The average Bonchev–Trinajstić information content (AvgIpc) is 2.57. The molecule has 2 aromatic rings. The minimum atomic E-state index is -0.166. The Hall–Kier alpha value is -0.820. The van der Waals surface area contributed by atoms with Crippen molar-refractivity contribution in [2.75, 3.05) is 20.2 Å². The Morgan fingerprint density at radius 3 is 2.59 bits per heavy atom. The molecule has 3 rings (SSSR count). The van der Waals surface area contributed by atoms with Crippen LogP contribution in [0.3, 0.4) is 0 Å². The third-order valence-corrected chi connectivity index (χ3v) is 6.11. The summed E-state index contributed by atoms with van der Waals surface area (Å²) in [6.45, 7) is 9.26. The number of morpholine rings is 1. The molecule has 0 radical (unpaired) electrons. The summed E-state index contributed by atoms with van der Waals surface area (Å²) in [7, 11) is 1.70. The van der Waals surface area contributed by atoms with Gasteiger partial charge in [0.1, 0.15) is 5.75 Å². The molecule has 1 atom stereocenters. The number of nitrogens with zero attached hydrogens (tertiary/aromatic N) is 1. The molecule has 1 aliphatic heterocycles. The highest BCUT2D eigenvalue weighted by Gasteiger charge is 2.33. The Balaban J connectivity index is 1.73. The van der Waals surface area contributed by atoms with Gasteiger partial charge in [-0.25, -0.2) is 0 Å². The Morgan fingerprint density at radius 1 is 1.26 bits per heavy atom. The average molecular weight is 500 g/mol. The van der Waals surface area contributed by atoms with E-state index < -0.39 is 0 Å². The first-order chi connectivity index (χ1) is 12.8. The van der Waals surface area contributed by atoms with E-state index in [0.29, 0.717) is 0 Å². The van der Waals surface area contributed by atoms with Crippen LogP contribution in [0.2, 0.25) is 5.02 Å². The number of halogens is 2. The maximum atomic E-state index is 6.42. The maximum Gasteiger partial charge on any atom is 0.118 e. The van der Waals surface area contributed by atoms with E-state index in [1.807, 2.05) is 24.3 Å². The SMILES string of the molecule is COc1ccc(CN2CC(Cc3c(C)cc(Cl)cc3I)OC(C)(C)C2)cc1. The molecule has 0 aliphatic carbocycles. The van der Waals surface area contributed by atoms with Crippen molar-refractivity contribution in [2.45, 2.75) is 45.4 Å². The third-order valence-electron chi connectivity index (χ3n) is 4.93. The molecule has 0 spiro atoms. The summed E-state index contributed by atoms with van der Waals surface area (Å²) in [5, 5.41) is 0.798. The molecule has 1 aliphatic rings. The first-order valence-corrected chi connectivity index (χ1v) is 10.7. The van der Waals surface area contributed by atoms with Crippen molar-refractivity contribution in [3.8, 4) is 5.75 Å². The molecule has 3 nitrogen and oxygen atoms in total. The van der Waals surface area contributed by atoms with E-state index in [2.05, 4.69) is 60.4 Å². The van der Waals surface area contributed by atoms with Gasteiger partial charge in [-0.1, -0.05) is 23.7 Å². The van der Waals surface area contributed by atoms with Gasteiger partial charge < -0.3 is 9.47 Å². The Kier molecular flexibility index (Phi) is 6.72. The minimum absolute atomic E-state index is 0.166. The molecule has 1 unspecified atom stereocenters. The van der Waals surface area contributed by atoms with Crippen LogP contribution in [-0.4, -0.2) is 36.8 Å². The van der Waals surface area contributed by atoms with E-state index in [9.17, 15) is 0 Å². The lowest BCUT2D eigenvalue weighted by Crippen LogP contribution is -2.53. The van der Waals surface area contributed by atoms with Crippen LogP contribution in [0.5, 0.6) is 5.75 Å². The van der Waals surface area contributed by atoms with Crippen LogP contribution < -0.4 is 4.74 Å². The summed E-state index contributed by atoms with van der Waals surface area (Å²) in [6.07, 6.45) is 1.07. The van der Waals surface area contributed by atoms with Gasteiger partial charge in [0.2, 0.25) is 0 Å². The largest absolute Gasteiger partial charge is 0.497 e. The fourth-order valence-electron chi connectivity index (χ4n) is 3.85. The van der Waals surface area contributed by atoms with Gasteiger partial charge in [-0.05, 0) is 84.3 Å². The van der Waals surface area contributed by atoms with Gasteiger partial charge in [-0.15, -0.1) is 0 Å². The van der Waals surface area contributed by atoms with Crippen LogP contribution in [0.4, 0.5) is 0 Å². The molecule has 2 aromatic carbocycles. The van der Waals surface area contributed by atoms with Gasteiger partial charge in [0.15, 0.2) is 0 Å². The minimum Gasteiger partial charge on any atom is -0.497 e. The normalized spacial score (nSPS) is 19.9. The van der Waals surface area contributed by atoms with Crippen molar-refractivity contribution in [1.82, 2.24) is 4.90 Å². The highest BCUT2D eigenvalue weighted by Crippen LogP contribution is 2.29. The smallest absolute Gasteiger partial charge is 0.118 e. The Morgan fingerprint density at radius 2 is 1.96 bits per heavy atom. The van der Waals surface area contributed by atoms with E-state index in [-0.39, 0.29) is 11.7 Å². The number of hydrogen-bond acceptors (Lipinski definition) is 3. The quantitative estimate of drug-likeness (QED) is 0.508. The molecule has 5 heteroatoms. The number of hydrogen-bond donors (Lipinski definition) is 0. The summed E-state index contributed by atoms with van der Waals surface area (Å²) in [4.78, 5) is 2.49. The van der Waals surface area contributed by atoms with Crippen LogP contribution in [0.25, 0.3) is 0 Å². The van der Waals surface area contributed by atoms with E-state index in [4.69, 9.17) is 21.1 Å². The molecule has 0 bridgehead atoms. The molecule has 0 N–H and O–H groups in total. The van der Waals surface area contributed by atoms with Gasteiger partial charge in [0, 0.05) is 34.6 Å². The molecular formula is C22H27ClINO2. The van der Waals surface area contributed by atoms with E-state index >= 15 is 0 Å². The van der Waals surface area contributed by atoms with Gasteiger partial charge in [-0.2, -0.15) is 0 Å². The van der Waals surface area contributed by atoms with Gasteiger partial charge in [-0.3, -0.25) is 4.90 Å². The molecule has 1 heterocycles. The standard InChI is InChI=1S/C22H27ClINO2/c1-15-9-17(23)10-21(24)20(15)11-19-13-25(14-22(2,3)27-19)12-16-5-7-18(26-4)8-6-16/h5-10,19H,11-14H2,1-4H3. The van der Waals surface area contributed by atoms with Crippen molar-refractivity contribution in [2.24, 2.45) is 0 Å². The van der Waals surface area contributed by atoms with E-state index in [0.717, 1.165) is 36.8 Å². The fraction of sp³-hybridized carbons (Fsp3) is 0.455. The molecular weight excluding hydrogens is 473 g/mol. The topological polar surface area (TPSA) is 21.7 Å². The predicted octanol–water partition coefficient (Wildman–Crippen LogP) is 5.48. The lowest BCUT2D eigenvalue weighted by molar-refractivity contribution is -0.137. The van der Waals surface area contributed by atoms with E-state index in [1.165, 1.54) is 20.3 Å². The number of rotatable bonds is 5. The number of benzene rings is 2. The molecule has 146 valence electrons. The van der Waals surface area contributed by atoms with Gasteiger partial charge in [0.25, 0.3) is 0 Å². The van der Waals surface area contributed by atoms with Crippen molar-refractivity contribution >= 4 is 34.2 Å². The zero-order valence-corrected chi connectivity index (χ0v) is 19.3. The molecule has 0 aromatic heterocycles. The summed E-state index contributed by atoms with van der Waals surface area (Å²) >= 11 is 8.57. The van der Waals surface area contributed by atoms with Crippen LogP contribution in [0, 0.1) is 10.5 Å². The number of aryl methyl sites for hydroxylation is 1. The van der Waals surface area contributed by atoms with Crippen LogP contribution >= 0.6 is 34.2 Å². The first-order valence-electron chi connectivity index (χ1n) is 9.23. The van der Waals surface area contributed by atoms with Gasteiger partial charge in [0.05, 0.1) is 18.8 Å². The van der Waals surface area contributed by atoms with E-state index in [1.54, 1.807) is 7.11 Å². The lowest BCUT2D eigenvalue weighted by atomic mass is 9.98. The molecule has 1 saturated heterocycles. The highest BCUT2D eigenvalue weighted by molar-refractivity contribution is 14.1. The van der Waals surface area contributed by atoms with Crippen molar-refractivity contribution in [3.63, 3.8) is 0 Å². The third kappa shape index (κ3) is 5.59. The van der Waals surface area contributed by atoms with Crippen molar-refractivity contribution in [3.05, 3.63) is 61.7 Å². The highest BCUT2D eigenvalue weighted by atomic mass is 127. The summed E-state index contributed by atoms with van der Waals surface area (Å²) < 4.78 is 12.9. The molecule has 0 amide bonds. The van der Waals surface area contributed by atoms with Gasteiger partial charge >= 0.3 is 0 Å². The zero-order valence-electron chi connectivity index (χ0n) is 16.4.